The highest BCUT2D eigenvalue weighted by Gasteiger charge is 2.17. The summed E-state index contributed by atoms with van der Waals surface area (Å²) in [6, 6.07) is 0.606. The molecular formula is C10H18N4. The summed E-state index contributed by atoms with van der Waals surface area (Å²) in [5, 5.41) is 8.33. The Morgan fingerprint density at radius 3 is 2.93 bits per heavy atom. The monoisotopic (exact) mass is 194 g/mol. The van der Waals surface area contributed by atoms with Crippen LogP contribution in [0.25, 0.3) is 0 Å². The third kappa shape index (κ3) is 2.12. The first-order valence-electron chi connectivity index (χ1n) is 5.51. The maximum atomic E-state index is 5.45. The van der Waals surface area contributed by atoms with Crippen molar-refractivity contribution in [1.29, 1.82) is 0 Å². The van der Waals surface area contributed by atoms with Gasteiger partial charge in [0.05, 0.1) is 11.7 Å². The predicted molar refractivity (Wildman–Crippen MR) is 54.9 cm³/mol. The standard InChI is InChI=1S/C10H18N4/c11-7-3-4-9-8-14(13-12-9)10-5-1-2-6-10/h8,10H,1-7,11H2. The first kappa shape index (κ1) is 9.65. The zero-order valence-corrected chi connectivity index (χ0v) is 8.52. The number of aryl methyl sites for hydroxylation is 1. The number of aromatic nitrogens is 3. The Labute approximate surface area is 84.5 Å². The molecule has 78 valence electrons. The van der Waals surface area contributed by atoms with E-state index in [1.807, 2.05) is 4.68 Å². The van der Waals surface area contributed by atoms with E-state index in [1.54, 1.807) is 0 Å². The highest BCUT2D eigenvalue weighted by atomic mass is 15.4. The average Bonchev–Trinajstić information content (AvgIpc) is 2.85. The van der Waals surface area contributed by atoms with E-state index in [-0.39, 0.29) is 0 Å². The second kappa shape index (κ2) is 4.55. The van der Waals surface area contributed by atoms with Crippen LogP contribution in [-0.2, 0) is 6.42 Å². The molecule has 0 aliphatic heterocycles. The Hall–Kier alpha value is -0.900. The Morgan fingerprint density at radius 2 is 2.21 bits per heavy atom. The van der Waals surface area contributed by atoms with E-state index >= 15 is 0 Å². The fraction of sp³-hybridized carbons (Fsp3) is 0.800. The maximum Gasteiger partial charge on any atom is 0.0827 e. The topological polar surface area (TPSA) is 56.7 Å². The van der Waals surface area contributed by atoms with Gasteiger partial charge in [0, 0.05) is 6.20 Å². The quantitative estimate of drug-likeness (QED) is 0.785. The summed E-state index contributed by atoms with van der Waals surface area (Å²) >= 11 is 0. The molecule has 0 saturated heterocycles. The van der Waals surface area contributed by atoms with E-state index < -0.39 is 0 Å². The molecule has 14 heavy (non-hydrogen) atoms. The van der Waals surface area contributed by atoms with E-state index in [9.17, 15) is 0 Å². The maximum absolute atomic E-state index is 5.45. The molecule has 0 aromatic carbocycles. The van der Waals surface area contributed by atoms with Gasteiger partial charge in [0.25, 0.3) is 0 Å². The van der Waals surface area contributed by atoms with Crippen LogP contribution in [0.15, 0.2) is 6.20 Å². The molecule has 0 unspecified atom stereocenters. The van der Waals surface area contributed by atoms with Gasteiger partial charge in [-0.15, -0.1) is 5.10 Å². The van der Waals surface area contributed by atoms with Gasteiger partial charge in [0.1, 0.15) is 0 Å². The van der Waals surface area contributed by atoms with E-state index in [4.69, 9.17) is 5.73 Å². The minimum Gasteiger partial charge on any atom is -0.330 e. The van der Waals surface area contributed by atoms with Crippen LogP contribution in [0.1, 0.15) is 43.8 Å². The zero-order chi connectivity index (χ0) is 9.80. The summed E-state index contributed by atoms with van der Waals surface area (Å²) in [4.78, 5) is 0. The van der Waals surface area contributed by atoms with Crippen LogP contribution in [0.5, 0.6) is 0 Å². The fourth-order valence-corrected chi connectivity index (χ4v) is 2.06. The van der Waals surface area contributed by atoms with Gasteiger partial charge in [-0.2, -0.15) is 0 Å². The Kier molecular flexibility index (Phi) is 3.14. The summed E-state index contributed by atoms with van der Waals surface area (Å²) < 4.78 is 2.04. The Morgan fingerprint density at radius 1 is 1.43 bits per heavy atom. The van der Waals surface area contributed by atoms with Crippen LogP contribution in [0.3, 0.4) is 0 Å². The summed E-state index contributed by atoms with van der Waals surface area (Å²) in [6.45, 7) is 0.732. The molecule has 2 rings (SSSR count). The second-order valence-electron chi connectivity index (χ2n) is 4.02. The van der Waals surface area contributed by atoms with Crippen molar-refractivity contribution in [3.63, 3.8) is 0 Å². The molecule has 1 saturated carbocycles. The van der Waals surface area contributed by atoms with Crippen molar-refractivity contribution in [1.82, 2.24) is 15.0 Å². The summed E-state index contributed by atoms with van der Waals surface area (Å²) in [5.41, 5.74) is 6.54. The van der Waals surface area contributed by atoms with E-state index in [0.717, 1.165) is 25.1 Å². The molecule has 0 bridgehead atoms. The molecule has 4 heteroatoms. The number of nitrogens with two attached hydrogens (primary N) is 1. The second-order valence-corrected chi connectivity index (χ2v) is 4.02. The van der Waals surface area contributed by atoms with Crippen molar-refractivity contribution in [2.45, 2.75) is 44.6 Å². The molecule has 4 nitrogen and oxygen atoms in total. The Balaban J connectivity index is 1.94. The molecule has 1 heterocycles. The van der Waals surface area contributed by atoms with Crippen molar-refractivity contribution in [2.24, 2.45) is 5.73 Å². The molecule has 0 spiro atoms. The lowest BCUT2D eigenvalue weighted by molar-refractivity contribution is 0.454. The molecule has 0 radical (unpaired) electrons. The van der Waals surface area contributed by atoms with Crippen LogP contribution in [-0.4, -0.2) is 21.5 Å². The molecule has 1 aliphatic rings. The smallest absolute Gasteiger partial charge is 0.0827 e. The van der Waals surface area contributed by atoms with Crippen molar-refractivity contribution in [2.75, 3.05) is 6.54 Å². The molecule has 1 aliphatic carbocycles. The molecule has 0 atom stereocenters. The molecule has 0 amide bonds. The van der Waals surface area contributed by atoms with Crippen LogP contribution >= 0.6 is 0 Å². The number of nitrogens with zero attached hydrogens (tertiary/aromatic N) is 3. The normalized spacial score (nSPS) is 17.8. The van der Waals surface area contributed by atoms with Crippen molar-refractivity contribution in [3.8, 4) is 0 Å². The lowest BCUT2D eigenvalue weighted by Gasteiger charge is -2.06. The van der Waals surface area contributed by atoms with Gasteiger partial charge >= 0.3 is 0 Å². The summed E-state index contributed by atoms with van der Waals surface area (Å²) in [6.07, 6.45) is 9.25. The van der Waals surface area contributed by atoms with Crippen molar-refractivity contribution in [3.05, 3.63) is 11.9 Å². The first-order valence-corrected chi connectivity index (χ1v) is 5.51. The average molecular weight is 194 g/mol. The van der Waals surface area contributed by atoms with Gasteiger partial charge in [-0.25, -0.2) is 4.68 Å². The largest absolute Gasteiger partial charge is 0.330 e. The third-order valence-corrected chi connectivity index (χ3v) is 2.89. The SMILES string of the molecule is NCCCc1cn(C2CCCC2)nn1. The number of rotatable bonds is 4. The van der Waals surface area contributed by atoms with Crippen LogP contribution < -0.4 is 5.73 Å². The lowest BCUT2D eigenvalue weighted by atomic mass is 10.2. The lowest BCUT2D eigenvalue weighted by Crippen LogP contribution is -2.04. The van der Waals surface area contributed by atoms with Gasteiger partial charge in [-0.3, -0.25) is 0 Å². The minimum atomic E-state index is 0.606. The van der Waals surface area contributed by atoms with Crippen molar-refractivity contribution < 1.29 is 0 Å². The molecule has 1 fully saturated rings. The number of hydrogen-bond donors (Lipinski definition) is 1. The van der Waals surface area contributed by atoms with Gasteiger partial charge < -0.3 is 5.73 Å². The molecule has 1 aromatic rings. The summed E-state index contributed by atoms with van der Waals surface area (Å²) in [5.74, 6) is 0. The molecular weight excluding hydrogens is 176 g/mol. The fourth-order valence-electron chi connectivity index (χ4n) is 2.06. The minimum absolute atomic E-state index is 0.606. The highest BCUT2D eigenvalue weighted by Crippen LogP contribution is 2.28. The first-order chi connectivity index (χ1) is 6.90. The van der Waals surface area contributed by atoms with Gasteiger partial charge in [0.2, 0.25) is 0 Å². The number of hydrogen-bond acceptors (Lipinski definition) is 3. The van der Waals surface area contributed by atoms with Crippen molar-refractivity contribution >= 4 is 0 Å². The highest BCUT2D eigenvalue weighted by molar-refractivity contribution is 4.94. The Bertz CT molecular complexity index is 275. The summed E-state index contributed by atoms with van der Waals surface area (Å²) in [7, 11) is 0. The van der Waals surface area contributed by atoms with E-state index in [1.165, 1.54) is 25.7 Å². The van der Waals surface area contributed by atoms with E-state index in [2.05, 4.69) is 16.5 Å². The van der Waals surface area contributed by atoms with E-state index in [0.29, 0.717) is 6.04 Å². The molecule has 1 aromatic heterocycles. The predicted octanol–water partition coefficient (Wildman–Crippen LogP) is 1.28. The van der Waals surface area contributed by atoms with Gasteiger partial charge in [0.15, 0.2) is 0 Å². The molecule has 2 N–H and O–H groups in total. The zero-order valence-electron chi connectivity index (χ0n) is 8.52. The third-order valence-electron chi connectivity index (χ3n) is 2.89. The van der Waals surface area contributed by atoms with Gasteiger partial charge in [-0.1, -0.05) is 18.1 Å². The van der Waals surface area contributed by atoms with Crippen LogP contribution in [0.4, 0.5) is 0 Å². The van der Waals surface area contributed by atoms with Gasteiger partial charge in [-0.05, 0) is 32.2 Å². The van der Waals surface area contributed by atoms with Crippen LogP contribution in [0, 0.1) is 0 Å². The van der Waals surface area contributed by atoms with Crippen LogP contribution in [0.2, 0.25) is 0 Å².